The number of allylic oxidation sites excluding steroid dienone is 4. The summed E-state index contributed by atoms with van der Waals surface area (Å²) in [6.07, 6.45) is 10.8. The average molecular weight is 682 g/mol. The van der Waals surface area contributed by atoms with E-state index in [1.807, 2.05) is 6.20 Å². The van der Waals surface area contributed by atoms with Gasteiger partial charge in [-0.2, -0.15) is 0 Å². The molecule has 2 aromatic heterocycles. The lowest BCUT2D eigenvalue weighted by atomic mass is 9.98. The van der Waals surface area contributed by atoms with E-state index in [0.717, 1.165) is 29.3 Å². The smallest absolute Gasteiger partial charge is 0.0641 e. The standard InChI is InChI=1S/C48H35N5/c1-2-14-33(15-3-1)51-42-20-8-4-16-36(42)40-29-34(25-27-46(40)51)53-44-22-10-6-18-38(44)47-37-17-5-9-21-43(37)52(45-23-11-7-19-39(45)48(47)53)35-24-26-41(50-31-35)32-13-12-28-49-30-32/h1-29,49-50H,30-31H2. The van der Waals surface area contributed by atoms with Gasteiger partial charge < -0.3 is 24.7 Å². The van der Waals surface area contributed by atoms with Gasteiger partial charge in [0.2, 0.25) is 0 Å². The monoisotopic (exact) mass is 681 g/mol. The van der Waals surface area contributed by atoms with Crippen LogP contribution in [0.1, 0.15) is 0 Å². The third-order valence-electron chi connectivity index (χ3n) is 11.0. The number of nitrogens with one attached hydrogen (secondary N) is 2. The molecule has 5 nitrogen and oxygen atoms in total. The van der Waals surface area contributed by atoms with E-state index in [0.29, 0.717) is 6.54 Å². The van der Waals surface area contributed by atoms with Gasteiger partial charge in [-0.25, -0.2) is 0 Å². The Hall–Kier alpha value is -6.98. The number of dihydropyridines is 2. The van der Waals surface area contributed by atoms with Crippen molar-refractivity contribution >= 4 is 44.1 Å². The molecular formula is C48H35N5. The third kappa shape index (κ3) is 4.50. The molecule has 0 amide bonds. The van der Waals surface area contributed by atoms with Crippen molar-refractivity contribution in [3.63, 3.8) is 0 Å². The number of aromatic nitrogens is 2. The minimum atomic E-state index is 0.711. The van der Waals surface area contributed by atoms with Gasteiger partial charge in [-0.15, -0.1) is 0 Å². The van der Waals surface area contributed by atoms with Gasteiger partial charge in [-0.05, 0) is 84.6 Å². The fraction of sp³-hybridized carbons (Fsp3) is 0.0417. The first kappa shape index (κ1) is 29.7. The number of fused-ring (bicyclic) bond motifs is 10. The number of hydrogen-bond donors (Lipinski definition) is 2. The van der Waals surface area contributed by atoms with E-state index in [2.05, 4.69) is 195 Å². The van der Waals surface area contributed by atoms with E-state index in [-0.39, 0.29) is 0 Å². The maximum Gasteiger partial charge on any atom is 0.0641 e. The van der Waals surface area contributed by atoms with Crippen molar-refractivity contribution in [2.45, 2.75) is 0 Å². The summed E-state index contributed by atoms with van der Waals surface area (Å²) in [6, 6.07) is 53.2. The van der Waals surface area contributed by atoms with Crippen LogP contribution in [-0.2, 0) is 0 Å². The van der Waals surface area contributed by atoms with Gasteiger partial charge in [0.15, 0.2) is 0 Å². The maximum atomic E-state index is 3.75. The second-order valence-corrected chi connectivity index (χ2v) is 13.9. The normalized spacial score (nSPS) is 14.8. The van der Waals surface area contributed by atoms with Crippen LogP contribution in [0.5, 0.6) is 0 Å². The Bertz CT molecular complexity index is 2900. The lowest BCUT2D eigenvalue weighted by Gasteiger charge is -2.32. The average Bonchev–Trinajstić information content (AvgIpc) is 3.71. The minimum absolute atomic E-state index is 0.711. The highest BCUT2D eigenvalue weighted by Gasteiger charge is 2.32. The zero-order valence-corrected chi connectivity index (χ0v) is 29.0. The highest BCUT2D eigenvalue weighted by Crippen LogP contribution is 2.53. The van der Waals surface area contributed by atoms with Crippen molar-refractivity contribution in [1.29, 1.82) is 0 Å². The van der Waals surface area contributed by atoms with Gasteiger partial charge in [0.1, 0.15) is 0 Å². The van der Waals surface area contributed by atoms with Gasteiger partial charge in [0.25, 0.3) is 0 Å². The van der Waals surface area contributed by atoms with Crippen molar-refractivity contribution in [3.05, 3.63) is 193 Å². The van der Waals surface area contributed by atoms with Crippen molar-refractivity contribution in [2.75, 3.05) is 18.0 Å². The van der Waals surface area contributed by atoms with Gasteiger partial charge in [0.05, 0.1) is 40.2 Å². The highest BCUT2D eigenvalue weighted by atomic mass is 15.2. The molecule has 0 aliphatic carbocycles. The summed E-state index contributed by atoms with van der Waals surface area (Å²) >= 11 is 0. The summed E-state index contributed by atoms with van der Waals surface area (Å²) in [5, 5.41) is 10.8. The molecule has 6 aromatic carbocycles. The van der Waals surface area contributed by atoms with E-state index in [4.69, 9.17) is 0 Å². The van der Waals surface area contributed by atoms with E-state index < -0.39 is 0 Å². The highest BCUT2D eigenvalue weighted by molar-refractivity contribution is 6.14. The van der Waals surface area contributed by atoms with Crippen LogP contribution < -0.4 is 15.5 Å². The van der Waals surface area contributed by atoms with Gasteiger partial charge in [-0.1, -0.05) is 97.1 Å². The summed E-state index contributed by atoms with van der Waals surface area (Å²) in [5.41, 5.74) is 16.7. The van der Waals surface area contributed by atoms with E-state index >= 15 is 0 Å². The molecule has 0 saturated heterocycles. The third-order valence-corrected chi connectivity index (χ3v) is 11.0. The Morgan fingerprint density at radius 1 is 0.491 bits per heavy atom. The van der Waals surface area contributed by atoms with Crippen molar-refractivity contribution in [3.8, 4) is 33.8 Å². The molecule has 0 bridgehead atoms. The number of para-hydroxylation sites is 5. The summed E-state index contributed by atoms with van der Waals surface area (Å²) in [4.78, 5) is 2.47. The van der Waals surface area contributed by atoms with Crippen LogP contribution in [0.15, 0.2) is 193 Å². The number of nitrogens with zero attached hydrogens (tertiary/aromatic N) is 3. The van der Waals surface area contributed by atoms with Gasteiger partial charge >= 0.3 is 0 Å². The Balaban J connectivity index is 1.17. The molecule has 11 rings (SSSR count). The Labute approximate surface area is 307 Å². The van der Waals surface area contributed by atoms with Crippen molar-refractivity contribution < 1.29 is 0 Å². The zero-order valence-electron chi connectivity index (χ0n) is 29.0. The fourth-order valence-corrected chi connectivity index (χ4v) is 8.68. The second-order valence-electron chi connectivity index (χ2n) is 13.9. The molecule has 0 fully saturated rings. The van der Waals surface area contributed by atoms with Crippen LogP contribution in [0.2, 0.25) is 0 Å². The first-order valence-corrected chi connectivity index (χ1v) is 18.3. The Morgan fingerprint density at radius 2 is 1.17 bits per heavy atom. The second kappa shape index (κ2) is 11.8. The van der Waals surface area contributed by atoms with Crippen LogP contribution in [0.3, 0.4) is 0 Å². The lowest BCUT2D eigenvalue weighted by Crippen LogP contribution is -2.31. The molecule has 0 saturated carbocycles. The van der Waals surface area contributed by atoms with E-state index in [1.54, 1.807) is 0 Å². The Morgan fingerprint density at radius 3 is 1.94 bits per heavy atom. The molecule has 3 aliphatic rings. The van der Waals surface area contributed by atoms with Crippen LogP contribution in [0.25, 0.3) is 66.5 Å². The molecule has 5 heterocycles. The minimum Gasteiger partial charge on any atom is -0.387 e. The summed E-state index contributed by atoms with van der Waals surface area (Å²) in [5.74, 6) is 0. The molecule has 0 atom stereocenters. The SMILES string of the molecule is C1=CNCC(C2=CC=C(N3c4ccccc4-c4c(n(-c5ccc6c(c5)c5ccccc5n6-c5ccccc5)c5ccccc45)-c4ccccc43)CN2)=C1. The first-order valence-electron chi connectivity index (χ1n) is 18.3. The molecule has 8 aromatic rings. The molecule has 53 heavy (non-hydrogen) atoms. The predicted octanol–water partition coefficient (Wildman–Crippen LogP) is 10.9. The maximum absolute atomic E-state index is 3.75. The Kier molecular flexibility index (Phi) is 6.61. The van der Waals surface area contributed by atoms with Crippen molar-refractivity contribution in [2.24, 2.45) is 0 Å². The van der Waals surface area contributed by atoms with Crippen LogP contribution in [0.4, 0.5) is 11.4 Å². The van der Waals surface area contributed by atoms with E-state index in [9.17, 15) is 0 Å². The number of anilines is 2. The van der Waals surface area contributed by atoms with Crippen LogP contribution in [-0.4, -0.2) is 22.2 Å². The number of benzene rings is 6. The summed E-state index contributed by atoms with van der Waals surface area (Å²) < 4.78 is 4.88. The van der Waals surface area contributed by atoms with Crippen LogP contribution >= 0.6 is 0 Å². The zero-order chi connectivity index (χ0) is 34.9. The van der Waals surface area contributed by atoms with Crippen molar-refractivity contribution in [1.82, 2.24) is 19.8 Å². The fourth-order valence-electron chi connectivity index (χ4n) is 8.68. The van der Waals surface area contributed by atoms with E-state index in [1.165, 1.54) is 72.1 Å². The largest absolute Gasteiger partial charge is 0.387 e. The molecule has 0 radical (unpaired) electrons. The predicted molar refractivity (Wildman–Crippen MR) is 220 cm³/mol. The quantitative estimate of drug-likeness (QED) is 0.194. The lowest BCUT2D eigenvalue weighted by molar-refractivity contribution is 0.811. The molecule has 0 unspecified atom stereocenters. The molecular weight excluding hydrogens is 647 g/mol. The molecule has 3 aliphatic heterocycles. The topological polar surface area (TPSA) is 37.2 Å². The summed E-state index contributed by atoms with van der Waals surface area (Å²) in [7, 11) is 0. The molecule has 252 valence electrons. The molecule has 5 heteroatoms. The van der Waals surface area contributed by atoms with Gasteiger partial charge in [-0.3, -0.25) is 0 Å². The number of hydrogen-bond acceptors (Lipinski definition) is 3. The first-order chi connectivity index (χ1) is 26.3. The number of rotatable bonds is 4. The van der Waals surface area contributed by atoms with Gasteiger partial charge in [0, 0.05) is 62.2 Å². The molecule has 0 spiro atoms. The van der Waals surface area contributed by atoms with Crippen LogP contribution in [0, 0.1) is 0 Å². The molecule has 2 N–H and O–H groups in total. The summed E-state index contributed by atoms with van der Waals surface area (Å²) in [6.45, 7) is 1.53.